The molecule has 2 rings (SSSR count). The topological polar surface area (TPSA) is 67.2 Å². The molecule has 160 valence electrons. The molecule has 1 heterocycles. The van der Waals surface area contributed by atoms with Crippen LogP contribution in [0.2, 0.25) is 0 Å². The minimum absolute atomic E-state index is 0.0615. The summed E-state index contributed by atoms with van der Waals surface area (Å²) in [5.74, 6) is 1.10. The van der Waals surface area contributed by atoms with Crippen molar-refractivity contribution in [3.8, 4) is 0 Å². The molecular formula is C23H36N4O2. The Labute approximate surface area is 174 Å². The quantitative estimate of drug-likeness (QED) is 0.581. The third kappa shape index (κ3) is 5.81. The highest BCUT2D eigenvalue weighted by Gasteiger charge is 2.25. The van der Waals surface area contributed by atoms with Gasteiger partial charge in [-0.05, 0) is 45.2 Å². The van der Waals surface area contributed by atoms with E-state index in [1.54, 1.807) is 0 Å². The van der Waals surface area contributed by atoms with Crippen LogP contribution in [0.15, 0.2) is 24.3 Å². The van der Waals surface area contributed by atoms with Crippen molar-refractivity contribution in [3.05, 3.63) is 30.1 Å². The molecule has 2 aromatic rings. The Bertz CT molecular complexity index is 804. The van der Waals surface area contributed by atoms with E-state index in [4.69, 9.17) is 4.98 Å². The number of fused-ring (bicyclic) bond motifs is 1. The Morgan fingerprint density at radius 1 is 1.10 bits per heavy atom. The van der Waals surface area contributed by atoms with Crippen molar-refractivity contribution in [2.75, 3.05) is 6.54 Å². The van der Waals surface area contributed by atoms with E-state index in [1.807, 2.05) is 36.1 Å². The van der Waals surface area contributed by atoms with Gasteiger partial charge < -0.3 is 14.8 Å². The molecule has 1 aromatic heterocycles. The lowest BCUT2D eigenvalue weighted by Gasteiger charge is -2.34. The summed E-state index contributed by atoms with van der Waals surface area (Å²) in [5.41, 5.74) is 1.90. The summed E-state index contributed by atoms with van der Waals surface area (Å²) in [6.45, 7) is 11.2. The highest BCUT2D eigenvalue weighted by Crippen LogP contribution is 2.19. The number of benzene rings is 1. The lowest BCUT2D eigenvalue weighted by atomic mass is 10.1. The van der Waals surface area contributed by atoms with E-state index in [2.05, 4.69) is 37.6 Å². The molecule has 1 aromatic carbocycles. The van der Waals surface area contributed by atoms with Crippen LogP contribution in [0.3, 0.4) is 0 Å². The Morgan fingerprint density at radius 2 is 1.76 bits per heavy atom. The van der Waals surface area contributed by atoms with Crippen molar-refractivity contribution in [1.82, 2.24) is 19.8 Å². The molecular weight excluding hydrogens is 364 g/mol. The van der Waals surface area contributed by atoms with Crippen molar-refractivity contribution in [3.63, 3.8) is 0 Å². The van der Waals surface area contributed by atoms with Crippen molar-refractivity contribution in [2.24, 2.45) is 0 Å². The number of aryl methyl sites for hydroxylation is 1. The number of amides is 2. The second-order valence-corrected chi connectivity index (χ2v) is 7.73. The first kappa shape index (κ1) is 22.9. The summed E-state index contributed by atoms with van der Waals surface area (Å²) in [5, 5.41) is 2.91. The van der Waals surface area contributed by atoms with E-state index >= 15 is 0 Å². The second kappa shape index (κ2) is 11.0. The lowest BCUT2D eigenvalue weighted by molar-refractivity contribution is -0.136. The molecule has 0 spiro atoms. The van der Waals surface area contributed by atoms with Crippen molar-refractivity contribution >= 4 is 22.8 Å². The molecule has 0 fully saturated rings. The van der Waals surface area contributed by atoms with Crippen LogP contribution in [0.4, 0.5) is 0 Å². The third-order valence-electron chi connectivity index (χ3n) is 5.67. The van der Waals surface area contributed by atoms with Crippen LogP contribution < -0.4 is 5.32 Å². The summed E-state index contributed by atoms with van der Waals surface area (Å²) in [6.07, 6.45) is 3.88. The van der Waals surface area contributed by atoms with Gasteiger partial charge in [0.25, 0.3) is 0 Å². The molecule has 1 N–H and O–H groups in total. The summed E-state index contributed by atoms with van der Waals surface area (Å²) in [6, 6.07) is 8.38. The van der Waals surface area contributed by atoms with Crippen LogP contribution in [0.5, 0.6) is 0 Å². The van der Waals surface area contributed by atoms with Gasteiger partial charge in [0.2, 0.25) is 11.8 Å². The number of hydrogen-bond acceptors (Lipinski definition) is 3. The molecule has 6 nitrogen and oxygen atoms in total. The number of carbonyl (C=O) groups is 2. The van der Waals surface area contributed by atoms with Crippen molar-refractivity contribution < 1.29 is 9.59 Å². The van der Waals surface area contributed by atoms with Gasteiger partial charge in [0, 0.05) is 31.5 Å². The summed E-state index contributed by atoms with van der Waals surface area (Å²) < 4.78 is 2.05. The molecule has 2 unspecified atom stereocenters. The SMILES string of the molecule is CCC(=O)NCCCc1nc2ccccc2n1CC(=O)N(C(C)CC)C(C)CC. The smallest absolute Gasteiger partial charge is 0.243 e. The van der Waals surface area contributed by atoms with Gasteiger partial charge in [-0.3, -0.25) is 9.59 Å². The summed E-state index contributed by atoms with van der Waals surface area (Å²) in [7, 11) is 0. The van der Waals surface area contributed by atoms with E-state index in [0.717, 1.165) is 42.5 Å². The maximum absolute atomic E-state index is 13.3. The zero-order valence-corrected chi connectivity index (χ0v) is 18.6. The Kier molecular flexibility index (Phi) is 8.68. The molecule has 29 heavy (non-hydrogen) atoms. The number of nitrogens with zero attached hydrogens (tertiary/aromatic N) is 3. The first-order valence-corrected chi connectivity index (χ1v) is 10.9. The van der Waals surface area contributed by atoms with Crippen LogP contribution in [0.1, 0.15) is 66.1 Å². The predicted molar refractivity (Wildman–Crippen MR) is 118 cm³/mol. The van der Waals surface area contributed by atoms with E-state index < -0.39 is 0 Å². The van der Waals surface area contributed by atoms with E-state index in [-0.39, 0.29) is 23.9 Å². The number of para-hydroxylation sites is 2. The number of rotatable bonds is 11. The van der Waals surface area contributed by atoms with E-state index in [9.17, 15) is 9.59 Å². The maximum Gasteiger partial charge on any atom is 0.243 e. The van der Waals surface area contributed by atoms with Crippen molar-refractivity contribution in [1.29, 1.82) is 0 Å². The molecule has 0 bridgehead atoms. The van der Waals surface area contributed by atoms with Gasteiger partial charge in [0.1, 0.15) is 12.4 Å². The third-order valence-corrected chi connectivity index (χ3v) is 5.67. The Balaban J connectivity index is 2.23. The first-order valence-electron chi connectivity index (χ1n) is 10.9. The Morgan fingerprint density at radius 3 is 2.38 bits per heavy atom. The number of imidazole rings is 1. The zero-order valence-electron chi connectivity index (χ0n) is 18.6. The normalized spacial score (nSPS) is 13.3. The van der Waals surface area contributed by atoms with Crippen LogP contribution in [-0.4, -0.2) is 44.9 Å². The number of aromatic nitrogens is 2. The van der Waals surface area contributed by atoms with Crippen molar-refractivity contribution in [2.45, 2.75) is 85.4 Å². The highest BCUT2D eigenvalue weighted by atomic mass is 16.2. The molecule has 2 atom stereocenters. The molecule has 6 heteroatoms. The lowest BCUT2D eigenvalue weighted by Crippen LogP contribution is -2.45. The van der Waals surface area contributed by atoms with Gasteiger partial charge in [0.15, 0.2) is 0 Å². The molecule has 0 radical (unpaired) electrons. The predicted octanol–water partition coefficient (Wildman–Crippen LogP) is 3.92. The van der Waals surface area contributed by atoms with Crippen LogP contribution in [-0.2, 0) is 22.6 Å². The first-order chi connectivity index (χ1) is 13.9. The summed E-state index contributed by atoms with van der Waals surface area (Å²) in [4.78, 5) is 31.5. The van der Waals surface area contributed by atoms with Gasteiger partial charge in [-0.15, -0.1) is 0 Å². The van der Waals surface area contributed by atoms with Crippen LogP contribution in [0.25, 0.3) is 11.0 Å². The molecule has 2 amide bonds. The fourth-order valence-corrected chi connectivity index (χ4v) is 3.63. The van der Waals surface area contributed by atoms with Gasteiger partial charge >= 0.3 is 0 Å². The highest BCUT2D eigenvalue weighted by molar-refractivity contribution is 5.81. The number of nitrogens with one attached hydrogen (secondary N) is 1. The zero-order chi connectivity index (χ0) is 21.4. The summed E-state index contributed by atoms with van der Waals surface area (Å²) >= 11 is 0. The standard InChI is InChI=1S/C23H36N4O2/c1-6-17(4)27(18(5)7-2)23(29)16-26-20-13-10-9-12-19(20)25-21(26)14-11-15-24-22(28)8-3/h9-10,12-13,17-18H,6-8,11,14-16H2,1-5H3,(H,24,28). The van der Waals surface area contributed by atoms with Gasteiger partial charge in [-0.2, -0.15) is 0 Å². The van der Waals surface area contributed by atoms with Gasteiger partial charge in [0.05, 0.1) is 11.0 Å². The number of carbonyl (C=O) groups excluding carboxylic acids is 2. The molecule has 0 saturated heterocycles. The Hall–Kier alpha value is -2.37. The average molecular weight is 401 g/mol. The fourth-order valence-electron chi connectivity index (χ4n) is 3.63. The average Bonchev–Trinajstić information content (AvgIpc) is 3.08. The van der Waals surface area contributed by atoms with Crippen LogP contribution in [0, 0.1) is 0 Å². The largest absolute Gasteiger partial charge is 0.356 e. The molecule has 0 aliphatic rings. The minimum Gasteiger partial charge on any atom is -0.356 e. The number of hydrogen-bond donors (Lipinski definition) is 1. The van der Waals surface area contributed by atoms with E-state index in [0.29, 0.717) is 19.5 Å². The molecule has 0 saturated carbocycles. The molecule has 0 aliphatic carbocycles. The monoisotopic (exact) mass is 400 g/mol. The van der Waals surface area contributed by atoms with Gasteiger partial charge in [-0.25, -0.2) is 4.98 Å². The maximum atomic E-state index is 13.3. The minimum atomic E-state index is 0.0615. The molecule has 0 aliphatic heterocycles. The van der Waals surface area contributed by atoms with E-state index in [1.165, 1.54) is 0 Å². The second-order valence-electron chi connectivity index (χ2n) is 7.73. The van der Waals surface area contributed by atoms with Crippen LogP contribution >= 0.6 is 0 Å². The fraction of sp³-hybridized carbons (Fsp3) is 0.609. The van der Waals surface area contributed by atoms with Gasteiger partial charge in [-0.1, -0.05) is 32.9 Å².